The molecule has 1 amide bonds. The van der Waals surface area contributed by atoms with Crippen LogP contribution in [0, 0.1) is 0 Å². The minimum absolute atomic E-state index is 0.0680. The molecule has 29 heavy (non-hydrogen) atoms. The van der Waals surface area contributed by atoms with Crippen LogP contribution in [0.15, 0.2) is 53.4 Å². The van der Waals surface area contributed by atoms with E-state index in [9.17, 15) is 13.2 Å². The first kappa shape index (κ1) is 21.5. The van der Waals surface area contributed by atoms with Gasteiger partial charge in [0.15, 0.2) is 0 Å². The van der Waals surface area contributed by atoms with Gasteiger partial charge in [-0.15, -0.1) is 0 Å². The van der Waals surface area contributed by atoms with E-state index in [0.29, 0.717) is 5.56 Å². The van der Waals surface area contributed by atoms with Crippen molar-refractivity contribution in [1.82, 2.24) is 9.62 Å². The van der Waals surface area contributed by atoms with Gasteiger partial charge in [-0.2, -0.15) is 0 Å². The molecule has 6 heteroatoms. The van der Waals surface area contributed by atoms with Gasteiger partial charge < -0.3 is 0 Å². The monoisotopic (exact) mass is 414 g/mol. The summed E-state index contributed by atoms with van der Waals surface area (Å²) in [4.78, 5) is 15.0. The van der Waals surface area contributed by atoms with Crippen molar-refractivity contribution in [2.24, 2.45) is 0 Å². The molecule has 2 aromatic rings. The van der Waals surface area contributed by atoms with Crippen molar-refractivity contribution >= 4 is 15.9 Å². The van der Waals surface area contributed by atoms with Crippen molar-refractivity contribution in [3.63, 3.8) is 0 Å². The lowest BCUT2D eigenvalue weighted by Crippen LogP contribution is -2.31. The van der Waals surface area contributed by atoms with Gasteiger partial charge in [-0.25, -0.2) is 13.1 Å². The summed E-state index contributed by atoms with van der Waals surface area (Å²) in [6, 6.07) is 13.8. The number of likely N-dealkylation sites (tertiary alicyclic amines) is 1. The summed E-state index contributed by atoms with van der Waals surface area (Å²) in [5.41, 5.74) is 2.43. The number of nitrogens with one attached hydrogen (secondary N) is 1. The number of nitrogens with zero attached hydrogens (tertiary/aromatic N) is 1. The number of amides is 1. The zero-order valence-corrected chi connectivity index (χ0v) is 18.3. The summed E-state index contributed by atoms with van der Waals surface area (Å²) in [7, 11) is -3.91. The highest BCUT2D eigenvalue weighted by atomic mass is 32.2. The lowest BCUT2D eigenvalue weighted by atomic mass is 9.87. The zero-order chi connectivity index (χ0) is 21.1. The molecule has 156 valence electrons. The first-order valence-corrected chi connectivity index (χ1v) is 11.6. The molecule has 1 aliphatic heterocycles. The Morgan fingerprint density at radius 2 is 1.52 bits per heavy atom. The summed E-state index contributed by atoms with van der Waals surface area (Å²) in [6.45, 7) is 9.26. The summed E-state index contributed by atoms with van der Waals surface area (Å²) in [5.74, 6) is -0.616. The van der Waals surface area contributed by atoms with Crippen LogP contribution in [0.3, 0.4) is 0 Å². The largest absolute Gasteiger partial charge is 0.299 e. The van der Waals surface area contributed by atoms with Crippen molar-refractivity contribution in [2.75, 3.05) is 13.1 Å². The number of carbonyl (C=O) groups excluding carboxylic acids is 1. The van der Waals surface area contributed by atoms with Crippen LogP contribution < -0.4 is 4.72 Å². The standard InChI is InChI=1S/C23H30N2O3S/c1-23(2,3)20-11-13-21(14-12-20)29(27,28)24-22(26)19-9-7-18(8-10-19)17-25-15-5-4-6-16-25/h7-14H,4-6,15-17H2,1-3H3,(H,24,26). The first-order chi connectivity index (χ1) is 13.6. The van der Waals surface area contributed by atoms with Crippen LogP contribution in [0.2, 0.25) is 0 Å². The molecule has 0 aliphatic carbocycles. The second kappa shape index (κ2) is 8.67. The lowest BCUT2D eigenvalue weighted by molar-refractivity contribution is 0.0981. The van der Waals surface area contributed by atoms with Crippen LogP contribution in [0.1, 0.15) is 61.5 Å². The first-order valence-electron chi connectivity index (χ1n) is 10.1. The second-order valence-electron chi connectivity index (χ2n) is 8.74. The molecule has 0 saturated carbocycles. The number of sulfonamides is 1. The summed E-state index contributed by atoms with van der Waals surface area (Å²) in [5, 5.41) is 0. The normalized spacial score (nSPS) is 15.8. The number of hydrogen-bond donors (Lipinski definition) is 1. The molecular weight excluding hydrogens is 384 g/mol. The van der Waals surface area contributed by atoms with Crippen molar-refractivity contribution in [2.45, 2.75) is 56.9 Å². The van der Waals surface area contributed by atoms with Gasteiger partial charge in [0.25, 0.3) is 15.9 Å². The highest BCUT2D eigenvalue weighted by molar-refractivity contribution is 7.90. The Labute approximate surface area is 174 Å². The third-order valence-corrected chi connectivity index (χ3v) is 6.68. The molecule has 0 atom stereocenters. The topological polar surface area (TPSA) is 66.5 Å². The van der Waals surface area contributed by atoms with Crippen LogP contribution in [-0.2, 0) is 22.0 Å². The number of piperidine rings is 1. The van der Waals surface area contributed by atoms with E-state index in [-0.39, 0.29) is 10.3 Å². The number of benzene rings is 2. The molecule has 1 aliphatic rings. The van der Waals surface area contributed by atoms with E-state index in [2.05, 4.69) is 30.4 Å². The maximum atomic E-state index is 12.6. The molecule has 0 radical (unpaired) electrons. The van der Waals surface area contributed by atoms with Gasteiger partial charge in [-0.1, -0.05) is 51.5 Å². The molecule has 1 N–H and O–H groups in total. The summed E-state index contributed by atoms with van der Waals surface area (Å²) < 4.78 is 27.3. The van der Waals surface area contributed by atoms with Crippen LogP contribution in [0.5, 0.6) is 0 Å². The molecule has 0 unspecified atom stereocenters. The van der Waals surface area contributed by atoms with Crippen molar-refractivity contribution in [1.29, 1.82) is 0 Å². The molecule has 1 saturated heterocycles. The van der Waals surface area contributed by atoms with Gasteiger partial charge in [0.1, 0.15) is 0 Å². The Morgan fingerprint density at radius 3 is 2.07 bits per heavy atom. The van der Waals surface area contributed by atoms with Gasteiger partial charge in [-0.05, 0) is 66.7 Å². The van der Waals surface area contributed by atoms with E-state index in [1.807, 2.05) is 12.1 Å². The maximum Gasteiger partial charge on any atom is 0.264 e. The fraction of sp³-hybridized carbons (Fsp3) is 0.435. The molecular formula is C23H30N2O3S. The molecule has 0 bridgehead atoms. The molecule has 0 aromatic heterocycles. The lowest BCUT2D eigenvalue weighted by Gasteiger charge is -2.26. The van der Waals surface area contributed by atoms with Gasteiger partial charge in [0, 0.05) is 12.1 Å². The molecule has 0 spiro atoms. The van der Waals surface area contributed by atoms with Crippen molar-refractivity contribution in [3.05, 3.63) is 65.2 Å². The van der Waals surface area contributed by atoms with E-state index in [4.69, 9.17) is 0 Å². The van der Waals surface area contributed by atoms with E-state index >= 15 is 0 Å². The van der Waals surface area contributed by atoms with E-state index in [1.165, 1.54) is 31.4 Å². The predicted octanol–water partition coefficient (Wildman–Crippen LogP) is 4.09. The van der Waals surface area contributed by atoms with E-state index in [1.54, 1.807) is 24.3 Å². The van der Waals surface area contributed by atoms with Crippen molar-refractivity contribution < 1.29 is 13.2 Å². The fourth-order valence-electron chi connectivity index (χ4n) is 3.51. The average molecular weight is 415 g/mol. The van der Waals surface area contributed by atoms with Crippen LogP contribution >= 0.6 is 0 Å². The fourth-order valence-corrected chi connectivity index (χ4v) is 4.49. The van der Waals surface area contributed by atoms with Crippen LogP contribution in [0.25, 0.3) is 0 Å². The Morgan fingerprint density at radius 1 is 0.931 bits per heavy atom. The van der Waals surface area contributed by atoms with Gasteiger partial charge in [0.05, 0.1) is 4.90 Å². The number of hydrogen-bond acceptors (Lipinski definition) is 4. The molecule has 3 rings (SSSR count). The smallest absolute Gasteiger partial charge is 0.264 e. The van der Waals surface area contributed by atoms with Crippen LogP contribution in [-0.4, -0.2) is 32.3 Å². The van der Waals surface area contributed by atoms with Crippen LogP contribution in [0.4, 0.5) is 0 Å². The Kier molecular flexibility index (Phi) is 6.44. The average Bonchev–Trinajstić information content (AvgIpc) is 2.68. The molecule has 1 heterocycles. The highest BCUT2D eigenvalue weighted by Crippen LogP contribution is 2.23. The quantitative estimate of drug-likeness (QED) is 0.800. The van der Waals surface area contributed by atoms with E-state index < -0.39 is 15.9 Å². The third-order valence-electron chi connectivity index (χ3n) is 5.33. The SMILES string of the molecule is CC(C)(C)c1ccc(S(=O)(=O)NC(=O)c2ccc(CN3CCCCC3)cc2)cc1. The zero-order valence-electron chi connectivity index (χ0n) is 17.4. The second-order valence-corrected chi connectivity index (χ2v) is 10.4. The van der Waals surface area contributed by atoms with Crippen molar-refractivity contribution in [3.8, 4) is 0 Å². The Balaban J connectivity index is 1.65. The number of rotatable bonds is 5. The van der Waals surface area contributed by atoms with Gasteiger partial charge >= 0.3 is 0 Å². The van der Waals surface area contributed by atoms with Gasteiger partial charge in [0.2, 0.25) is 0 Å². The number of carbonyl (C=O) groups is 1. The third kappa shape index (κ3) is 5.67. The highest BCUT2D eigenvalue weighted by Gasteiger charge is 2.20. The minimum Gasteiger partial charge on any atom is -0.299 e. The Bertz CT molecular complexity index is 937. The molecule has 5 nitrogen and oxygen atoms in total. The molecule has 1 fully saturated rings. The Hall–Kier alpha value is -2.18. The van der Waals surface area contributed by atoms with E-state index in [0.717, 1.165) is 30.8 Å². The minimum atomic E-state index is -3.91. The molecule has 2 aromatic carbocycles. The van der Waals surface area contributed by atoms with Gasteiger partial charge in [-0.3, -0.25) is 9.69 Å². The predicted molar refractivity (Wildman–Crippen MR) is 115 cm³/mol. The summed E-state index contributed by atoms with van der Waals surface area (Å²) >= 11 is 0. The maximum absolute atomic E-state index is 12.6. The summed E-state index contributed by atoms with van der Waals surface area (Å²) in [6.07, 6.45) is 3.76.